The molecule has 216 valence electrons. The molecule has 41 heavy (non-hydrogen) atoms. The van der Waals surface area contributed by atoms with Gasteiger partial charge in [0.15, 0.2) is 24.1 Å². The molecule has 1 saturated heterocycles. The average Bonchev–Trinajstić information content (AvgIpc) is 3.37. The SMILES string of the molecule is C=C(O/N=C(\C(=O)NC1C(=O)N2C(C(=O)[O-])=C(C[n+]3ccc(NCCNC)cc3)CSC12)c1nsc(N)n1)C(=O)O. The van der Waals surface area contributed by atoms with Crippen LogP contribution in [0.2, 0.25) is 0 Å². The normalized spacial score (nSPS) is 18.3. The zero-order chi connectivity index (χ0) is 29.7. The first-order chi connectivity index (χ1) is 19.6. The Bertz CT molecular complexity index is 1440. The third kappa shape index (κ3) is 6.61. The molecule has 2 aliphatic heterocycles. The number of nitrogens with zero attached hydrogens (tertiary/aromatic N) is 5. The molecule has 2 aromatic rings. The van der Waals surface area contributed by atoms with E-state index in [0.717, 1.165) is 35.2 Å². The number of nitrogens with two attached hydrogens (primary N) is 1. The third-order valence-electron chi connectivity index (χ3n) is 5.85. The monoisotopic (exact) mass is 603 g/mol. The summed E-state index contributed by atoms with van der Waals surface area (Å²) in [6.45, 7) is 4.89. The smallest absolute Gasteiger partial charge is 0.374 e. The average molecular weight is 604 g/mol. The molecule has 0 radical (unpaired) electrons. The molecule has 0 aromatic carbocycles. The number of thioether (sulfide) groups is 1. The van der Waals surface area contributed by atoms with Gasteiger partial charge in [0, 0.05) is 53.8 Å². The fourth-order valence-corrected chi connectivity index (χ4v) is 5.66. The second-order valence-corrected chi connectivity index (χ2v) is 10.5. The number of nitrogens with one attached hydrogen (secondary N) is 3. The number of carboxylic acid groups (broad SMARTS) is 2. The minimum absolute atomic E-state index is 0.000116. The fraction of sp³-hybridized carbons (Fsp3) is 0.304. The molecule has 0 aliphatic carbocycles. The summed E-state index contributed by atoms with van der Waals surface area (Å²) < 4.78 is 5.66. The van der Waals surface area contributed by atoms with Gasteiger partial charge in [-0.2, -0.15) is 9.36 Å². The van der Waals surface area contributed by atoms with Crippen molar-refractivity contribution >= 4 is 63.6 Å². The Hall–Kier alpha value is -4.55. The van der Waals surface area contributed by atoms with E-state index in [2.05, 4.69) is 41.9 Å². The Morgan fingerprint density at radius 1 is 1.34 bits per heavy atom. The fourth-order valence-electron chi connectivity index (χ4n) is 3.89. The minimum atomic E-state index is -1.52. The maximum Gasteiger partial charge on any atom is 0.374 e. The maximum atomic E-state index is 13.1. The van der Waals surface area contributed by atoms with Crippen LogP contribution < -0.4 is 31.4 Å². The van der Waals surface area contributed by atoms with Crippen LogP contribution in [0.4, 0.5) is 10.8 Å². The Morgan fingerprint density at radius 2 is 2.07 bits per heavy atom. The van der Waals surface area contributed by atoms with E-state index in [1.165, 1.54) is 11.8 Å². The number of β-lactam (4-membered cyclic amide) rings is 1. The van der Waals surface area contributed by atoms with Gasteiger partial charge in [-0.3, -0.25) is 14.5 Å². The highest BCUT2D eigenvalue weighted by Gasteiger charge is 2.53. The lowest BCUT2D eigenvalue weighted by molar-refractivity contribution is -0.689. The van der Waals surface area contributed by atoms with Crippen molar-refractivity contribution in [2.24, 2.45) is 5.16 Å². The van der Waals surface area contributed by atoms with Gasteiger partial charge >= 0.3 is 5.97 Å². The number of hydrogen-bond acceptors (Lipinski definition) is 14. The lowest BCUT2D eigenvalue weighted by Crippen LogP contribution is -2.71. The third-order valence-corrected chi connectivity index (χ3v) is 7.73. The second-order valence-electron chi connectivity index (χ2n) is 8.61. The second kappa shape index (κ2) is 12.7. The zero-order valence-corrected chi connectivity index (χ0v) is 23.2. The number of fused-ring (bicyclic) bond motifs is 1. The molecular formula is C23H25N9O7S2. The number of amides is 2. The van der Waals surface area contributed by atoms with E-state index >= 15 is 0 Å². The Kier molecular flexibility index (Phi) is 9.15. The molecule has 0 bridgehead atoms. The van der Waals surface area contributed by atoms with Crippen molar-refractivity contribution in [1.82, 2.24) is 24.9 Å². The summed E-state index contributed by atoms with van der Waals surface area (Å²) in [5.41, 5.74) is 6.14. The quantitative estimate of drug-likeness (QED) is 0.0303. The highest BCUT2D eigenvalue weighted by molar-refractivity contribution is 8.00. The van der Waals surface area contributed by atoms with E-state index in [1.54, 1.807) is 17.0 Å². The number of carbonyl (C=O) groups excluding carboxylic acids is 3. The standard InChI is InChI=1S/C23H25N9O7S2/c1-11(21(35)36)39-29-14(17-28-23(24)41-30-17)18(33)27-15-19(34)32-16(22(37)38)12(10-40-20(15)32)9-31-7-3-13(4-8-31)26-6-5-25-2/h3-4,7-8,15,20,25H,1,5-6,9-10H2,2H3,(H5,24,27,28,30,33,35,36,37,38)/b29-14-. The lowest BCUT2D eigenvalue weighted by atomic mass is 10.0. The highest BCUT2D eigenvalue weighted by atomic mass is 32.2. The first-order valence-corrected chi connectivity index (χ1v) is 13.8. The summed E-state index contributed by atoms with van der Waals surface area (Å²) in [6.07, 6.45) is 3.58. The van der Waals surface area contributed by atoms with E-state index in [9.17, 15) is 24.3 Å². The van der Waals surface area contributed by atoms with Gasteiger partial charge in [0.2, 0.25) is 17.3 Å². The first kappa shape index (κ1) is 29.4. The molecule has 2 aromatic heterocycles. The number of carbonyl (C=O) groups is 4. The largest absolute Gasteiger partial charge is 0.543 e. The number of pyridine rings is 1. The predicted octanol–water partition coefficient (Wildman–Crippen LogP) is -2.54. The summed E-state index contributed by atoms with van der Waals surface area (Å²) >= 11 is 2.02. The van der Waals surface area contributed by atoms with Crippen LogP contribution >= 0.6 is 23.3 Å². The van der Waals surface area contributed by atoms with Crippen molar-refractivity contribution in [2.75, 3.05) is 36.9 Å². The van der Waals surface area contributed by atoms with Crippen LogP contribution in [0.1, 0.15) is 5.82 Å². The summed E-state index contributed by atoms with van der Waals surface area (Å²) in [7, 11) is 1.86. The maximum absolute atomic E-state index is 13.1. The molecule has 2 unspecified atom stereocenters. The van der Waals surface area contributed by atoms with Gasteiger partial charge < -0.3 is 41.5 Å². The van der Waals surface area contributed by atoms with Gasteiger partial charge in [0.1, 0.15) is 11.4 Å². The van der Waals surface area contributed by atoms with Gasteiger partial charge in [0.05, 0.1) is 11.7 Å². The predicted molar refractivity (Wildman–Crippen MR) is 145 cm³/mol. The number of rotatable bonds is 13. The number of hydrogen-bond donors (Lipinski definition) is 5. The van der Waals surface area contributed by atoms with Gasteiger partial charge in [-0.1, -0.05) is 5.16 Å². The van der Waals surface area contributed by atoms with Crippen molar-refractivity contribution in [3.63, 3.8) is 0 Å². The molecular weight excluding hydrogens is 578 g/mol. The Balaban J connectivity index is 1.48. The number of aromatic nitrogens is 3. The van der Waals surface area contributed by atoms with Gasteiger partial charge in [-0.15, -0.1) is 11.8 Å². The van der Waals surface area contributed by atoms with Crippen LogP contribution in [0.15, 0.2) is 53.3 Å². The molecule has 2 amide bonds. The molecule has 0 spiro atoms. The van der Waals surface area contributed by atoms with E-state index in [-0.39, 0.29) is 29.0 Å². The molecule has 18 heteroatoms. The molecule has 0 saturated carbocycles. The van der Waals surface area contributed by atoms with Gasteiger partial charge in [-0.25, -0.2) is 9.36 Å². The van der Waals surface area contributed by atoms with Gasteiger partial charge in [0.25, 0.3) is 11.8 Å². The molecule has 2 aliphatic rings. The number of likely N-dealkylation sites (N-methyl/N-ethyl adjacent to an activating group) is 1. The number of nitrogen functional groups attached to an aromatic ring is 1. The van der Waals surface area contributed by atoms with Gasteiger partial charge in [-0.05, 0) is 13.6 Å². The van der Waals surface area contributed by atoms with E-state index < -0.39 is 46.6 Å². The minimum Gasteiger partial charge on any atom is -0.543 e. The topological polar surface area (TPSA) is 228 Å². The van der Waals surface area contributed by atoms with Crippen molar-refractivity contribution in [3.05, 3.63) is 54.0 Å². The number of carboxylic acids is 2. The van der Waals surface area contributed by atoms with E-state index in [4.69, 9.17) is 10.8 Å². The molecule has 4 heterocycles. The van der Waals surface area contributed by atoms with Crippen molar-refractivity contribution in [3.8, 4) is 0 Å². The zero-order valence-electron chi connectivity index (χ0n) is 21.5. The Labute approximate surface area is 241 Å². The van der Waals surface area contributed by atoms with Crippen LogP contribution in [0.5, 0.6) is 0 Å². The van der Waals surface area contributed by atoms with Crippen LogP contribution in [-0.2, 0) is 30.6 Å². The summed E-state index contributed by atoms with van der Waals surface area (Å²) in [4.78, 5) is 58.8. The molecule has 16 nitrogen and oxygen atoms in total. The lowest BCUT2D eigenvalue weighted by Gasteiger charge is -2.50. The summed E-state index contributed by atoms with van der Waals surface area (Å²) in [6, 6.07) is 2.59. The van der Waals surface area contributed by atoms with Crippen LogP contribution in [0.3, 0.4) is 0 Å². The number of oxime groups is 1. The van der Waals surface area contributed by atoms with Crippen molar-refractivity contribution in [1.29, 1.82) is 0 Å². The number of aliphatic carboxylic acids is 2. The molecule has 4 rings (SSSR count). The van der Waals surface area contributed by atoms with E-state index in [0.29, 0.717) is 5.57 Å². The van der Waals surface area contributed by atoms with Crippen LogP contribution in [0, 0.1) is 0 Å². The van der Waals surface area contributed by atoms with Crippen molar-refractivity contribution < 1.29 is 38.8 Å². The van der Waals surface area contributed by atoms with Crippen LogP contribution in [-0.4, -0.2) is 86.1 Å². The molecule has 6 N–H and O–H groups in total. The van der Waals surface area contributed by atoms with Crippen LogP contribution in [0.25, 0.3) is 0 Å². The summed E-state index contributed by atoms with van der Waals surface area (Å²) in [5.74, 6) is -5.46. The molecule has 2 atom stereocenters. The van der Waals surface area contributed by atoms with Crippen molar-refractivity contribution in [2.45, 2.75) is 18.0 Å². The summed E-state index contributed by atoms with van der Waals surface area (Å²) in [5, 5.41) is 32.6. The Morgan fingerprint density at radius 3 is 2.68 bits per heavy atom. The molecule has 1 fully saturated rings. The number of anilines is 2. The first-order valence-electron chi connectivity index (χ1n) is 11.9. The highest BCUT2D eigenvalue weighted by Crippen LogP contribution is 2.40. The van der Waals surface area contributed by atoms with E-state index in [1.807, 2.05) is 19.2 Å².